The van der Waals surface area contributed by atoms with E-state index >= 15 is 0 Å². The van der Waals surface area contributed by atoms with Gasteiger partial charge in [-0.25, -0.2) is 0 Å². The zero-order valence-corrected chi connectivity index (χ0v) is 11.9. The number of methoxy groups -OCH3 is 1. The molecular weight excluding hydrogens is 248 g/mol. The molecule has 0 aromatic heterocycles. The van der Waals surface area contributed by atoms with E-state index in [2.05, 4.69) is 24.3 Å². The first kappa shape index (κ1) is 13.3. The van der Waals surface area contributed by atoms with E-state index in [1.807, 2.05) is 18.2 Å². The minimum atomic E-state index is -0.165. The van der Waals surface area contributed by atoms with Gasteiger partial charge in [0.2, 0.25) is 0 Å². The third kappa shape index (κ3) is 2.48. The van der Waals surface area contributed by atoms with Crippen LogP contribution in [0, 0.1) is 0 Å². The van der Waals surface area contributed by atoms with Gasteiger partial charge in [0.25, 0.3) is 0 Å². The lowest BCUT2D eigenvalue weighted by molar-refractivity contribution is -0.131. The standard InChI is InChI=1S/C18H20O2/c1-20-18(10-5-11-18)13-16(19)12-15-8-4-7-14-6-2-3-9-17(14)15/h2-4,6-9H,5,10-13H2,1H3. The molecule has 0 unspecified atom stereocenters. The number of carbonyl (C=O) groups excluding carboxylic acids is 1. The van der Waals surface area contributed by atoms with Crippen LogP contribution in [-0.2, 0) is 16.0 Å². The minimum absolute atomic E-state index is 0.165. The molecule has 1 aliphatic carbocycles. The Morgan fingerprint density at radius 2 is 1.90 bits per heavy atom. The maximum atomic E-state index is 12.3. The summed E-state index contributed by atoms with van der Waals surface area (Å²) in [6.45, 7) is 0. The van der Waals surface area contributed by atoms with Gasteiger partial charge in [-0.2, -0.15) is 0 Å². The molecule has 0 spiro atoms. The molecule has 1 saturated carbocycles. The Balaban J connectivity index is 1.77. The van der Waals surface area contributed by atoms with Gasteiger partial charge in [-0.1, -0.05) is 42.5 Å². The van der Waals surface area contributed by atoms with E-state index in [0.717, 1.165) is 18.4 Å². The molecule has 2 heteroatoms. The second-order valence-corrected chi connectivity index (χ2v) is 5.77. The molecule has 0 N–H and O–H groups in total. The van der Waals surface area contributed by atoms with Gasteiger partial charge >= 0.3 is 0 Å². The molecule has 104 valence electrons. The molecular formula is C18H20O2. The summed E-state index contributed by atoms with van der Waals surface area (Å²) in [7, 11) is 1.73. The number of ketones is 1. The molecule has 2 aromatic rings. The smallest absolute Gasteiger partial charge is 0.140 e. The van der Waals surface area contributed by atoms with E-state index < -0.39 is 0 Å². The first-order valence-corrected chi connectivity index (χ1v) is 7.26. The van der Waals surface area contributed by atoms with Gasteiger partial charge in [-0.05, 0) is 35.6 Å². The van der Waals surface area contributed by atoms with Crippen molar-refractivity contribution in [1.29, 1.82) is 0 Å². The number of benzene rings is 2. The number of fused-ring (bicyclic) bond motifs is 1. The molecule has 0 radical (unpaired) electrons. The highest BCUT2D eigenvalue weighted by Crippen LogP contribution is 2.38. The molecule has 20 heavy (non-hydrogen) atoms. The van der Waals surface area contributed by atoms with Gasteiger partial charge in [0.1, 0.15) is 5.78 Å². The Labute approximate surface area is 119 Å². The lowest BCUT2D eigenvalue weighted by atomic mass is 9.76. The summed E-state index contributed by atoms with van der Waals surface area (Å²) in [5, 5.41) is 2.38. The van der Waals surface area contributed by atoms with Crippen molar-refractivity contribution in [3.63, 3.8) is 0 Å². The van der Waals surface area contributed by atoms with Gasteiger partial charge < -0.3 is 4.74 Å². The van der Waals surface area contributed by atoms with Crippen LogP contribution < -0.4 is 0 Å². The van der Waals surface area contributed by atoms with Crippen LogP contribution in [0.5, 0.6) is 0 Å². The average Bonchev–Trinajstić information content (AvgIpc) is 2.43. The minimum Gasteiger partial charge on any atom is -0.378 e. The average molecular weight is 268 g/mol. The second kappa shape index (κ2) is 5.37. The molecule has 0 atom stereocenters. The van der Waals surface area contributed by atoms with Gasteiger partial charge in [0.15, 0.2) is 0 Å². The van der Waals surface area contributed by atoms with Crippen molar-refractivity contribution in [2.45, 2.75) is 37.7 Å². The van der Waals surface area contributed by atoms with Crippen LogP contribution in [0.15, 0.2) is 42.5 Å². The lowest BCUT2D eigenvalue weighted by Crippen LogP contribution is -2.41. The zero-order valence-electron chi connectivity index (χ0n) is 11.9. The van der Waals surface area contributed by atoms with E-state index in [1.54, 1.807) is 7.11 Å². The van der Waals surface area contributed by atoms with Gasteiger partial charge in [0, 0.05) is 20.0 Å². The van der Waals surface area contributed by atoms with Crippen LogP contribution in [0.3, 0.4) is 0 Å². The number of hydrogen-bond acceptors (Lipinski definition) is 2. The fraction of sp³-hybridized carbons (Fsp3) is 0.389. The number of Topliss-reactive ketones (excluding diaryl/α,β-unsaturated/α-hetero) is 1. The first-order valence-electron chi connectivity index (χ1n) is 7.26. The predicted molar refractivity (Wildman–Crippen MR) is 80.9 cm³/mol. The molecule has 0 heterocycles. The van der Waals surface area contributed by atoms with Crippen molar-refractivity contribution in [1.82, 2.24) is 0 Å². The first-order chi connectivity index (χ1) is 9.72. The van der Waals surface area contributed by atoms with E-state index in [4.69, 9.17) is 4.74 Å². The normalized spacial score (nSPS) is 16.9. The van der Waals surface area contributed by atoms with Gasteiger partial charge in [-0.15, -0.1) is 0 Å². The number of rotatable bonds is 5. The second-order valence-electron chi connectivity index (χ2n) is 5.77. The summed E-state index contributed by atoms with van der Waals surface area (Å²) in [5.74, 6) is 0.280. The molecule has 0 aliphatic heterocycles. The highest BCUT2D eigenvalue weighted by Gasteiger charge is 2.38. The summed E-state index contributed by atoms with van der Waals surface area (Å²) < 4.78 is 5.55. The Bertz CT molecular complexity index is 615. The van der Waals surface area contributed by atoms with Crippen molar-refractivity contribution >= 4 is 16.6 Å². The zero-order chi connectivity index (χ0) is 14.0. The van der Waals surface area contributed by atoms with Crippen LogP contribution in [0.4, 0.5) is 0 Å². The number of ether oxygens (including phenoxy) is 1. The summed E-state index contributed by atoms with van der Waals surface area (Å²) >= 11 is 0. The Hall–Kier alpha value is -1.67. The Morgan fingerprint density at radius 3 is 2.60 bits per heavy atom. The quantitative estimate of drug-likeness (QED) is 0.821. The molecule has 3 rings (SSSR count). The van der Waals surface area contributed by atoms with Gasteiger partial charge in [0.05, 0.1) is 5.60 Å². The molecule has 2 aromatic carbocycles. The highest BCUT2D eigenvalue weighted by atomic mass is 16.5. The summed E-state index contributed by atoms with van der Waals surface area (Å²) in [5.41, 5.74) is 0.959. The monoisotopic (exact) mass is 268 g/mol. The summed E-state index contributed by atoms with van der Waals surface area (Å²) in [6.07, 6.45) is 4.27. The molecule has 0 amide bonds. The van der Waals surface area contributed by atoms with Crippen molar-refractivity contribution in [2.75, 3.05) is 7.11 Å². The SMILES string of the molecule is COC1(CC(=O)Cc2cccc3ccccc23)CCC1. The third-order valence-corrected chi connectivity index (χ3v) is 4.48. The van der Waals surface area contributed by atoms with E-state index in [0.29, 0.717) is 12.8 Å². The van der Waals surface area contributed by atoms with E-state index in [-0.39, 0.29) is 11.4 Å². The van der Waals surface area contributed by atoms with Gasteiger partial charge in [-0.3, -0.25) is 4.79 Å². The van der Waals surface area contributed by atoms with Crippen LogP contribution in [0.2, 0.25) is 0 Å². The summed E-state index contributed by atoms with van der Waals surface area (Å²) in [4.78, 5) is 12.3. The molecule has 1 aliphatic rings. The summed E-state index contributed by atoms with van der Waals surface area (Å²) in [6, 6.07) is 14.4. The number of hydrogen-bond donors (Lipinski definition) is 0. The maximum Gasteiger partial charge on any atom is 0.140 e. The fourth-order valence-corrected chi connectivity index (χ4v) is 3.11. The molecule has 1 fully saturated rings. The Kier molecular flexibility index (Phi) is 3.58. The number of carbonyl (C=O) groups is 1. The van der Waals surface area contributed by atoms with E-state index in [9.17, 15) is 4.79 Å². The lowest BCUT2D eigenvalue weighted by Gasteiger charge is -2.40. The van der Waals surface area contributed by atoms with Crippen LogP contribution in [0.25, 0.3) is 10.8 Å². The molecule has 2 nitrogen and oxygen atoms in total. The van der Waals surface area contributed by atoms with Crippen LogP contribution in [0.1, 0.15) is 31.2 Å². The van der Waals surface area contributed by atoms with Crippen LogP contribution >= 0.6 is 0 Å². The topological polar surface area (TPSA) is 26.3 Å². The molecule has 0 bridgehead atoms. The van der Waals surface area contributed by atoms with Crippen LogP contribution in [-0.4, -0.2) is 18.5 Å². The molecule has 0 saturated heterocycles. The third-order valence-electron chi connectivity index (χ3n) is 4.48. The van der Waals surface area contributed by atoms with Crippen molar-refractivity contribution in [3.05, 3.63) is 48.0 Å². The van der Waals surface area contributed by atoms with Crippen molar-refractivity contribution in [3.8, 4) is 0 Å². The predicted octanol–water partition coefficient (Wildman–Crippen LogP) is 3.91. The maximum absolute atomic E-state index is 12.3. The Morgan fingerprint density at radius 1 is 1.15 bits per heavy atom. The van der Waals surface area contributed by atoms with Crippen molar-refractivity contribution in [2.24, 2.45) is 0 Å². The van der Waals surface area contributed by atoms with Crippen molar-refractivity contribution < 1.29 is 9.53 Å². The fourth-order valence-electron chi connectivity index (χ4n) is 3.11. The largest absolute Gasteiger partial charge is 0.378 e. The van der Waals surface area contributed by atoms with E-state index in [1.165, 1.54) is 17.2 Å². The highest BCUT2D eigenvalue weighted by molar-refractivity contribution is 5.91.